The van der Waals surface area contributed by atoms with Gasteiger partial charge in [-0.2, -0.15) is 5.26 Å². The van der Waals surface area contributed by atoms with Crippen molar-refractivity contribution in [1.29, 1.82) is 5.26 Å². The average molecular weight is 350 g/mol. The smallest absolute Gasteiger partial charge is 0.340 e. The van der Waals surface area contributed by atoms with E-state index in [0.717, 1.165) is 13.2 Å². The van der Waals surface area contributed by atoms with E-state index in [9.17, 15) is 14.0 Å². The van der Waals surface area contributed by atoms with E-state index in [0.29, 0.717) is 0 Å². The number of nitrogens with zero attached hydrogens (tertiary/aromatic N) is 1. The molecule has 100 valence electrons. The molecule has 1 N–H and O–H groups in total. The molecule has 0 saturated heterocycles. The molecule has 0 aliphatic carbocycles. The molecule has 0 atom stereocenters. The van der Waals surface area contributed by atoms with E-state index in [1.165, 1.54) is 0 Å². The van der Waals surface area contributed by atoms with E-state index >= 15 is 0 Å². The molecule has 0 aliphatic heterocycles. The Balaban J connectivity index is 3.34. The van der Waals surface area contributed by atoms with Gasteiger partial charge in [0.15, 0.2) is 5.82 Å². The fourth-order valence-electron chi connectivity index (χ4n) is 1.24. The summed E-state index contributed by atoms with van der Waals surface area (Å²) in [6.07, 6.45) is -0.472. The van der Waals surface area contributed by atoms with E-state index < -0.39 is 24.1 Å². The van der Waals surface area contributed by atoms with E-state index in [4.69, 9.17) is 16.9 Å². The van der Waals surface area contributed by atoms with Crippen LogP contribution in [0.15, 0.2) is 10.5 Å². The number of anilines is 1. The van der Waals surface area contributed by atoms with Crippen LogP contribution in [-0.4, -0.2) is 19.0 Å². The van der Waals surface area contributed by atoms with Crippen LogP contribution >= 0.6 is 27.5 Å². The van der Waals surface area contributed by atoms with Crippen LogP contribution in [0, 0.1) is 17.1 Å². The molecule has 19 heavy (non-hydrogen) atoms. The highest BCUT2D eigenvalue weighted by atomic mass is 79.9. The Morgan fingerprint density at radius 2 is 2.26 bits per heavy atom. The number of rotatable bonds is 3. The van der Waals surface area contributed by atoms with Crippen molar-refractivity contribution >= 4 is 45.1 Å². The molecule has 1 amide bonds. The first kappa shape index (κ1) is 15.4. The lowest BCUT2D eigenvalue weighted by molar-refractivity contribution is -0.115. The van der Waals surface area contributed by atoms with Crippen molar-refractivity contribution in [2.24, 2.45) is 0 Å². The fraction of sp³-hybridized carbons (Fsp3) is 0.182. The van der Waals surface area contributed by atoms with Gasteiger partial charge in [0.1, 0.15) is 6.42 Å². The molecule has 1 aromatic carbocycles. The molecule has 0 saturated carbocycles. The summed E-state index contributed by atoms with van der Waals surface area (Å²) in [5, 5.41) is 10.5. The van der Waals surface area contributed by atoms with Gasteiger partial charge in [0.2, 0.25) is 5.91 Å². The second kappa shape index (κ2) is 6.50. The lowest BCUT2D eigenvalue weighted by Gasteiger charge is -2.12. The predicted octanol–water partition coefficient (Wildman–Crippen LogP) is 2.88. The third-order valence-electron chi connectivity index (χ3n) is 2.07. The maximum absolute atomic E-state index is 14.0. The van der Waals surface area contributed by atoms with Crippen molar-refractivity contribution < 1.29 is 18.7 Å². The van der Waals surface area contributed by atoms with Gasteiger partial charge in [-0.3, -0.25) is 4.79 Å². The van der Waals surface area contributed by atoms with Gasteiger partial charge in [0.25, 0.3) is 0 Å². The lowest BCUT2D eigenvalue weighted by atomic mass is 10.1. The number of hydrogen-bond acceptors (Lipinski definition) is 4. The number of amides is 1. The Bertz CT molecular complexity index is 586. The third kappa shape index (κ3) is 3.43. The molecule has 0 aliphatic rings. The van der Waals surface area contributed by atoms with Crippen LogP contribution in [0.2, 0.25) is 5.02 Å². The zero-order chi connectivity index (χ0) is 14.6. The number of hydrogen-bond donors (Lipinski definition) is 1. The molecular weight excluding hydrogens is 342 g/mol. The van der Waals surface area contributed by atoms with Crippen molar-refractivity contribution in [2.75, 3.05) is 12.4 Å². The van der Waals surface area contributed by atoms with Crippen molar-refractivity contribution in [2.45, 2.75) is 6.42 Å². The molecule has 8 heteroatoms. The van der Waals surface area contributed by atoms with Gasteiger partial charge in [-0.15, -0.1) is 0 Å². The number of methoxy groups -OCH3 is 1. The SMILES string of the molecule is COC(=O)c1cc(Cl)c(Br)c(F)c1NC(=O)CC#N. The van der Waals surface area contributed by atoms with Crippen LogP contribution in [0.1, 0.15) is 16.8 Å². The quantitative estimate of drug-likeness (QED) is 0.672. The first-order valence-corrected chi connectivity index (χ1v) is 6.02. The zero-order valence-corrected chi connectivity index (χ0v) is 11.9. The molecule has 0 radical (unpaired) electrons. The molecule has 0 bridgehead atoms. The summed E-state index contributed by atoms with van der Waals surface area (Å²) in [5.41, 5.74) is -0.622. The number of halogens is 3. The topological polar surface area (TPSA) is 79.2 Å². The van der Waals surface area contributed by atoms with Crippen LogP contribution in [0.3, 0.4) is 0 Å². The van der Waals surface area contributed by atoms with Crippen LogP contribution in [0.25, 0.3) is 0 Å². The summed E-state index contributed by atoms with van der Waals surface area (Å²) in [5.74, 6) is -2.53. The summed E-state index contributed by atoms with van der Waals surface area (Å²) in [6.45, 7) is 0. The first-order valence-electron chi connectivity index (χ1n) is 4.85. The lowest BCUT2D eigenvalue weighted by Crippen LogP contribution is -2.16. The Morgan fingerprint density at radius 1 is 1.63 bits per heavy atom. The molecule has 0 heterocycles. The highest BCUT2D eigenvalue weighted by Gasteiger charge is 2.22. The molecule has 0 spiro atoms. The van der Waals surface area contributed by atoms with Crippen molar-refractivity contribution in [3.05, 3.63) is 26.9 Å². The predicted molar refractivity (Wildman–Crippen MR) is 69.3 cm³/mol. The number of nitrogens with one attached hydrogen (secondary N) is 1. The molecule has 5 nitrogen and oxygen atoms in total. The van der Waals surface area contributed by atoms with Crippen LogP contribution < -0.4 is 5.32 Å². The number of esters is 1. The Kier molecular flexibility index (Phi) is 5.27. The summed E-state index contributed by atoms with van der Waals surface area (Å²) in [7, 11) is 1.11. The summed E-state index contributed by atoms with van der Waals surface area (Å²) in [4.78, 5) is 22.8. The summed E-state index contributed by atoms with van der Waals surface area (Å²) >= 11 is 8.62. The zero-order valence-electron chi connectivity index (χ0n) is 9.59. The van der Waals surface area contributed by atoms with Crippen molar-refractivity contribution in [3.8, 4) is 6.07 Å². The Morgan fingerprint density at radius 3 is 2.79 bits per heavy atom. The maximum Gasteiger partial charge on any atom is 0.340 e. The fourth-order valence-corrected chi connectivity index (χ4v) is 1.75. The second-order valence-corrected chi connectivity index (χ2v) is 4.48. The Labute approximate surface area is 121 Å². The second-order valence-electron chi connectivity index (χ2n) is 3.28. The first-order chi connectivity index (χ1) is 8.92. The molecule has 0 unspecified atom stereocenters. The molecule has 0 fully saturated rings. The van der Waals surface area contributed by atoms with Crippen molar-refractivity contribution in [3.63, 3.8) is 0 Å². The summed E-state index contributed by atoms with van der Waals surface area (Å²) in [6, 6.07) is 2.76. The number of nitriles is 1. The Hall–Kier alpha value is -1.65. The minimum Gasteiger partial charge on any atom is -0.465 e. The minimum absolute atomic E-state index is 0.0452. The number of carbonyl (C=O) groups is 2. The largest absolute Gasteiger partial charge is 0.465 e. The third-order valence-corrected chi connectivity index (χ3v) is 3.37. The minimum atomic E-state index is -0.917. The highest BCUT2D eigenvalue weighted by Crippen LogP contribution is 2.34. The van der Waals surface area contributed by atoms with Gasteiger partial charge >= 0.3 is 5.97 Å². The van der Waals surface area contributed by atoms with E-state index in [2.05, 4.69) is 26.0 Å². The van der Waals surface area contributed by atoms with Gasteiger partial charge in [-0.1, -0.05) is 11.6 Å². The molecule has 1 rings (SSSR count). The monoisotopic (exact) mass is 348 g/mol. The normalized spacial score (nSPS) is 9.63. The molecule has 1 aromatic rings. The number of ether oxygens (including phenoxy) is 1. The average Bonchev–Trinajstić information content (AvgIpc) is 2.38. The van der Waals surface area contributed by atoms with Gasteiger partial charge in [-0.05, 0) is 22.0 Å². The van der Waals surface area contributed by atoms with E-state index in [1.54, 1.807) is 6.07 Å². The van der Waals surface area contributed by atoms with Crippen molar-refractivity contribution in [1.82, 2.24) is 0 Å². The van der Waals surface area contributed by atoms with Gasteiger partial charge in [0.05, 0.1) is 33.9 Å². The van der Waals surface area contributed by atoms with Crippen LogP contribution in [0.4, 0.5) is 10.1 Å². The standard InChI is InChI=1S/C11H7BrClFN2O3/c1-19-11(18)5-4-6(13)8(12)9(14)10(5)16-7(17)2-3-15/h4H,2H2,1H3,(H,16,17). The van der Waals surface area contributed by atoms with E-state index in [1.807, 2.05) is 0 Å². The van der Waals surface area contributed by atoms with Crippen LogP contribution in [-0.2, 0) is 9.53 Å². The van der Waals surface area contributed by atoms with Crippen LogP contribution in [0.5, 0.6) is 0 Å². The van der Waals surface area contributed by atoms with Gasteiger partial charge < -0.3 is 10.1 Å². The summed E-state index contributed by atoms with van der Waals surface area (Å²) < 4.78 is 18.4. The van der Waals surface area contributed by atoms with Gasteiger partial charge in [0, 0.05) is 0 Å². The molecular formula is C11H7BrClFN2O3. The number of benzene rings is 1. The maximum atomic E-state index is 14.0. The van der Waals surface area contributed by atoms with Gasteiger partial charge in [-0.25, -0.2) is 9.18 Å². The number of carbonyl (C=O) groups excluding carboxylic acids is 2. The highest BCUT2D eigenvalue weighted by molar-refractivity contribution is 9.10. The van der Waals surface area contributed by atoms with E-state index in [-0.39, 0.29) is 20.7 Å². The molecule has 0 aromatic heterocycles.